The minimum absolute atomic E-state index is 0.0543. The Balaban J connectivity index is 2.11. The molecule has 92 valence electrons. The van der Waals surface area contributed by atoms with Gasteiger partial charge >= 0.3 is 0 Å². The second kappa shape index (κ2) is 4.10. The van der Waals surface area contributed by atoms with Gasteiger partial charge in [0, 0.05) is 4.47 Å². The average molecular weight is 329 g/mol. The van der Waals surface area contributed by atoms with Gasteiger partial charge in [0.25, 0.3) is 0 Å². The van der Waals surface area contributed by atoms with E-state index in [0.29, 0.717) is 19.8 Å². The van der Waals surface area contributed by atoms with E-state index >= 15 is 0 Å². The van der Waals surface area contributed by atoms with Crippen LogP contribution in [0.1, 0.15) is 6.42 Å². The summed E-state index contributed by atoms with van der Waals surface area (Å²) in [7, 11) is 0. The summed E-state index contributed by atoms with van der Waals surface area (Å²) in [6.07, 6.45) is -0.0779. The number of thiazole rings is 1. The number of benzene rings is 1. The molecule has 3 rings (SSSR count). The Hall–Kier alpha value is -1.34. The fraction of sp³-hybridized carbons (Fsp3) is 0.182. The van der Waals surface area contributed by atoms with E-state index in [1.165, 1.54) is 28.4 Å². The van der Waals surface area contributed by atoms with Gasteiger partial charge in [-0.3, -0.25) is 14.5 Å². The van der Waals surface area contributed by atoms with Gasteiger partial charge in [-0.1, -0.05) is 11.3 Å². The third-order valence-electron chi connectivity index (χ3n) is 2.62. The number of hydrogen-bond donors (Lipinski definition) is 0. The van der Waals surface area contributed by atoms with E-state index in [0.717, 1.165) is 0 Å². The van der Waals surface area contributed by atoms with Crippen molar-refractivity contribution in [1.82, 2.24) is 4.98 Å². The van der Waals surface area contributed by atoms with Crippen molar-refractivity contribution in [2.75, 3.05) is 11.4 Å². The molecule has 7 heteroatoms. The van der Waals surface area contributed by atoms with E-state index in [-0.39, 0.29) is 30.5 Å². The predicted octanol–water partition coefficient (Wildman–Crippen LogP) is 2.50. The van der Waals surface area contributed by atoms with Crippen LogP contribution < -0.4 is 4.90 Å². The molecule has 0 spiro atoms. The van der Waals surface area contributed by atoms with Crippen LogP contribution in [0.15, 0.2) is 16.6 Å². The molecule has 4 nitrogen and oxygen atoms in total. The molecular formula is C11H6BrFN2O2S. The number of anilines is 1. The highest BCUT2D eigenvalue weighted by molar-refractivity contribution is 9.10. The number of carbonyl (C=O) groups is 2. The van der Waals surface area contributed by atoms with E-state index in [9.17, 15) is 14.0 Å². The SMILES string of the molecule is O=C1CC(=O)N(c2nc3c(Br)cc(F)cc3s2)C1. The molecule has 0 aliphatic carbocycles. The van der Waals surface area contributed by atoms with Gasteiger partial charge in [0.05, 0.1) is 23.2 Å². The summed E-state index contributed by atoms with van der Waals surface area (Å²) in [6, 6.07) is 2.69. The minimum atomic E-state index is -0.367. The number of rotatable bonds is 1. The fourth-order valence-electron chi connectivity index (χ4n) is 1.82. The number of nitrogens with zero attached hydrogens (tertiary/aromatic N) is 2. The number of aromatic nitrogens is 1. The maximum atomic E-state index is 13.2. The number of hydrogen-bond acceptors (Lipinski definition) is 4. The van der Waals surface area contributed by atoms with Crippen molar-refractivity contribution >= 4 is 54.3 Å². The number of halogens is 2. The standard InChI is InChI=1S/C11H6BrFN2O2S/c12-7-1-5(13)2-8-10(7)14-11(18-8)15-4-6(16)3-9(15)17/h1-2H,3-4H2. The summed E-state index contributed by atoms with van der Waals surface area (Å²) >= 11 is 4.43. The van der Waals surface area contributed by atoms with Crippen molar-refractivity contribution in [3.8, 4) is 0 Å². The molecule has 2 aromatic rings. The van der Waals surface area contributed by atoms with Crippen molar-refractivity contribution in [1.29, 1.82) is 0 Å². The molecule has 0 bridgehead atoms. The van der Waals surface area contributed by atoms with Crippen LogP contribution >= 0.6 is 27.3 Å². The zero-order chi connectivity index (χ0) is 12.9. The summed E-state index contributed by atoms with van der Waals surface area (Å²) in [5.74, 6) is -0.742. The van der Waals surface area contributed by atoms with Gasteiger partial charge in [-0.25, -0.2) is 9.37 Å². The van der Waals surface area contributed by atoms with Gasteiger partial charge in [0.1, 0.15) is 5.82 Å². The molecule has 2 heterocycles. The molecule has 0 unspecified atom stereocenters. The second-order valence-electron chi connectivity index (χ2n) is 3.93. The third kappa shape index (κ3) is 1.83. The lowest BCUT2D eigenvalue weighted by Crippen LogP contribution is -2.24. The van der Waals surface area contributed by atoms with E-state index in [1.54, 1.807) is 0 Å². The first-order valence-electron chi connectivity index (χ1n) is 5.12. The Bertz CT molecular complexity index is 685. The molecular weight excluding hydrogens is 323 g/mol. The summed E-state index contributed by atoms with van der Waals surface area (Å²) in [4.78, 5) is 28.4. The first-order chi connectivity index (χ1) is 8.54. The van der Waals surface area contributed by atoms with Crippen LogP contribution in [0.4, 0.5) is 9.52 Å². The molecule has 1 aromatic carbocycles. The Morgan fingerprint density at radius 2 is 2.17 bits per heavy atom. The Labute approximate surface area is 114 Å². The molecule has 18 heavy (non-hydrogen) atoms. The molecule has 1 aliphatic heterocycles. The van der Waals surface area contributed by atoms with Gasteiger partial charge in [-0.05, 0) is 28.1 Å². The maximum Gasteiger partial charge on any atom is 0.236 e. The molecule has 0 saturated carbocycles. The van der Waals surface area contributed by atoms with Crippen molar-refractivity contribution in [2.45, 2.75) is 6.42 Å². The molecule has 1 aromatic heterocycles. The highest BCUT2D eigenvalue weighted by Crippen LogP contribution is 2.34. The van der Waals surface area contributed by atoms with Crippen LogP contribution in [0.2, 0.25) is 0 Å². The largest absolute Gasteiger partial charge is 0.297 e. The lowest BCUT2D eigenvalue weighted by Gasteiger charge is -2.08. The zero-order valence-electron chi connectivity index (χ0n) is 8.94. The van der Waals surface area contributed by atoms with Crippen LogP contribution in [0.3, 0.4) is 0 Å². The monoisotopic (exact) mass is 328 g/mol. The number of carbonyl (C=O) groups excluding carboxylic acids is 2. The Morgan fingerprint density at radius 1 is 1.39 bits per heavy atom. The van der Waals surface area contributed by atoms with Crippen molar-refractivity contribution in [3.05, 3.63) is 22.4 Å². The van der Waals surface area contributed by atoms with Gasteiger partial charge in [0.15, 0.2) is 10.9 Å². The Kier molecular flexibility index (Phi) is 2.67. The third-order valence-corrected chi connectivity index (χ3v) is 4.25. The summed E-state index contributed by atoms with van der Waals surface area (Å²) in [5, 5.41) is 0.437. The normalized spacial score (nSPS) is 16.0. The second-order valence-corrected chi connectivity index (χ2v) is 5.79. The molecule has 0 atom stereocenters. The molecule has 1 amide bonds. The number of Topliss-reactive ketones (excluding diaryl/α,β-unsaturated/α-hetero) is 1. The van der Waals surface area contributed by atoms with Crippen molar-refractivity contribution in [3.63, 3.8) is 0 Å². The van der Waals surface area contributed by atoms with Crippen LogP contribution in [0, 0.1) is 5.82 Å². The zero-order valence-corrected chi connectivity index (χ0v) is 11.3. The van der Waals surface area contributed by atoms with E-state index < -0.39 is 0 Å². The van der Waals surface area contributed by atoms with Gasteiger partial charge in [-0.15, -0.1) is 0 Å². The van der Waals surface area contributed by atoms with E-state index in [1.807, 2.05) is 0 Å². The molecule has 0 N–H and O–H groups in total. The fourth-order valence-corrected chi connectivity index (χ4v) is 3.51. The minimum Gasteiger partial charge on any atom is -0.297 e. The van der Waals surface area contributed by atoms with Crippen LogP contribution in [-0.4, -0.2) is 23.2 Å². The summed E-state index contributed by atoms with van der Waals surface area (Å²) in [6.45, 7) is 0.0543. The molecule has 1 fully saturated rings. The van der Waals surface area contributed by atoms with Crippen LogP contribution in [-0.2, 0) is 9.59 Å². The summed E-state index contributed by atoms with van der Waals surface area (Å²) in [5.41, 5.74) is 0.601. The topological polar surface area (TPSA) is 50.3 Å². The average Bonchev–Trinajstić information content (AvgIpc) is 2.81. The number of fused-ring (bicyclic) bond motifs is 1. The Morgan fingerprint density at radius 3 is 2.83 bits per heavy atom. The van der Waals surface area contributed by atoms with E-state index in [4.69, 9.17) is 0 Å². The van der Waals surface area contributed by atoms with Crippen molar-refractivity contribution < 1.29 is 14.0 Å². The number of amides is 1. The van der Waals surface area contributed by atoms with Crippen molar-refractivity contribution in [2.24, 2.45) is 0 Å². The molecule has 0 radical (unpaired) electrons. The highest BCUT2D eigenvalue weighted by atomic mass is 79.9. The smallest absolute Gasteiger partial charge is 0.236 e. The first-order valence-corrected chi connectivity index (χ1v) is 6.73. The molecule has 1 saturated heterocycles. The summed E-state index contributed by atoms with van der Waals surface area (Å²) < 4.78 is 14.4. The maximum absolute atomic E-state index is 13.2. The highest BCUT2D eigenvalue weighted by Gasteiger charge is 2.30. The van der Waals surface area contributed by atoms with E-state index in [2.05, 4.69) is 20.9 Å². The van der Waals surface area contributed by atoms with Gasteiger partial charge < -0.3 is 0 Å². The lowest BCUT2D eigenvalue weighted by atomic mass is 10.3. The van der Waals surface area contributed by atoms with Crippen LogP contribution in [0.25, 0.3) is 10.2 Å². The van der Waals surface area contributed by atoms with Crippen LogP contribution in [0.5, 0.6) is 0 Å². The number of ketones is 1. The lowest BCUT2D eigenvalue weighted by molar-refractivity contribution is -0.121. The van der Waals surface area contributed by atoms with Gasteiger partial charge in [-0.2, -0.15) is 0 Å². The molecule has 1 aliphatic rings. The van der Waals surface area contributed by atoms with Gasteiger partial charge in [0.2, 0.25) is 5.91 Å². The predicted molar refractivity (Wildman–Crippen MR) is 69.3 cm³/mol. The first kappa shape index (κ1) is 11.7. The quantitative estimate of drug-likeness (QED) is 0.756.